The van der Waals surface area contributed by atoms with Crippen LogP contribution in [0.2, 0.25) is 5.02 Å². The van der Waals surface area contributed by atoms with Crippen molar-refractivity contribution in [2.45, 2.75) is 39.2 Å². The number of hydrogen-bond acceptors (Lipinski definition) is 9. The number of amides is 3. The van der Waals surface area contributed by atoms with Crippen LogP contribution in [0, 0.1) is 12.8 Å². The number of urea groups is 1. The number of H-pyrrole nitrogens is 1. The van der Waals surface area contributed by atoms with Gasteiger partial charge in [0.25, 0.3) is 0 Å². The van der Waals surface area contributed by atoms with Crippen molar-refractivity contribution < 1.29 is 14.3 Å². The highest BCUT2D eigenvalue weighted by Gasteiger charge is 2.29. The van der Waals surface area contributed by atoms with Gasteiger partial charge in [-0.1, -0.05) is 17.7 Å². The first kappa shape index (κ1) is 34.0. The second-order valence-electron chi connectivity index (χ2n) is 14.1. The number of fused-ring (bicyclic) bond motifs is 1. The second-order valence-corrected chi connectivity index (χ2v) is 14.5. The Morgan fingerprint density at radius 2 is 1.77 bits per heavy atom. The first-order valence-electron chi connectivity index (χ1n) is 18.0. The Hall–Kier alpha value is -5.14. The summed E-state index contributed by atoms with van der Waals surface area (Å²) in [5.74, 6) is 2.28. The summed E-state index contributed by atoms with van der Waals surface area (Å²) in [4.78, 5) is 45.6. The van der Waals surface area contributed by atoms with Crippen LogP contribution < -0.4 is 24.8 Å². The molecule has 6 heterocycles. The third-order valence-electron chi connectivity index (χ3n) is 10.5. The first-order chi connectivity index (χ1) is 25.2. The SMILES string of the molecule is Cc1nn(C)cc1-c1nc2ncc(Cl)c(Oc3ccc(N4CCN(CC5CCN(c6cccc(N7CCC(=O)NC7=O)c6)CC5)C[C@@H]4C)cc3)c2[nH]1. The van der Waals surface area contributed by atoms with Gasteiger partial charge in [-0.25, -0.2) is 14.8 Å². The van der Waals surface area contributed by atoms with Gasteiger partial charge in [0.05, 0.1) is 17.5 Å². The van der Waals surface area contributed by atoms with Gasteiger partial charge in [-0.15, -0.1) is 0 Å². The maximum Gasteiger partial charge on any atom is 0.328 e. The fourth-order valence-corrected chi connectivity index (χ4v) is 7.97. The van der Waals surface area contributed by atoms with E-state index in [1.807, 2.05) is 44.4 Å². The Morgan fingerprint density at radius 1 is 0.981 bits per heavy atom. The molecule has 270 valence electrons. The molecule has 0 aliphatic carbocycles. The van der Waals surface area contributed by atoms with Crippen LogP contribution in [0.25, 0.3) is 22.6 Å². The third kappa shape index (κ3) is 6.90. The molecule has 13 nitrogen and oxygen atoms in total. The summed E-state index contributed by atoms with van der Waals surface area (Å²) in [5, 5.41) is 7.26. The van der Waals surface area contributed by atoms with Gasteiger partial charge in [0.15, 0.2) is 11.4 Å². The highest BCUT2D eigenvalue weighted by atomic mass is 35.5. The average Bonchev–Trinajstić information content (AvgIpc) is 3.72. The molecule has 1 atom stereocenters. The summed E-state index contributed by atoms with van der Waals surface area (Å²) < 4.78 is 8.09. The van der Waals surface area contributed by atoms with Gasteiger partial charge in [-0.05, 0) is 75.1 Å². The normalized spacial score (nSPS) is 19.1. The van der Waals surface area contributed by atoms with E-state index in [1.165, 1.54) is 5.69 Å². The smallest absolute Gasteiger partial charge is 0.328 e. The Balaban J connectivity index is 0.848. The number of halogens is 1. The van der Waals surface area contributed by atoms with E-state index in [2.05, 4.69) is 71.3 Å². The number of benzene rings is 2. The molecule has 2 N–H and O–H groups in total. The van der Waals surface area contributed by atoms with Crippen LogP contribution in [-0.4, -0.2) is 93.4 Å². The zero-order chi connectivity index (χ0) is 35.9. The topological polar surface area (TPSA) is 128 Å². The number of piperidine rings is 1. The Bertz CT molecular complexity index is 2110. The van der Waals surface area contributed by atoms with E-state index in [9.17, 15) is 9.59 Å². The second kappa shape index (κ2) is 14.1. The summed E-state index contributed by atoms with van der Waals surface area (Å²) in [5.41, 5.74) is 6.07. The van der Waals surface area contributed by atoms with Crippen LogP contribution >= 0.6 is 11.6 Å². The molecule has 3 aliphatic heterocycles. The number of hydrogen-bond donors (Lipinski definition) is 2. The number of aromatic amines is 1. The maximum atomic E-state index is 12.4. The van der Waals surface area contributed by atoms with Crippen molar-refractivity contribution in [3.8, 4) is 22.9 Å². The van der Waals surface area contributed by atoms with Gasteiger partial charge in [0, 0.05) is 88.6 Å². The molecule has 3 aromatic heterocycles. The molecule has 5 aromatic rings. The maximum absolute atomic E-state index is 12.4. The number of piperazine rings is 1. The first-order valence-corrected chi connectivity index (χ1v) is 18.3. The largest absolute Gasteiger partial charge is 0.453 e. The molecule has 14 heteroatoms. The number of pyridine rings is 1. The average molecular weight is 723 g/mol. The van der Waals surface area contributed by atoms with Gasteiger partial charge < -0.3 is 19.5 Å². The third-order valence-corrected chi connectivity index (χ3v) is 10.8. The Labute approximate surface area is 307 Å². The molecule has 52 heavy (non-hydrogen) atoms. The van der Waals surface area contributed by atoms with Gasteiger partial charge >= 0.3 is 6.03 Å². The van der Waals surface area contributed by atoms with Crippen LogP contribution in [0.5, 0.6) is 11.5 Å². The summed E-state index contributed by atoms with van der Waals surface area (Å²) in [7, 11) is 1.88. The molecule has 0 radical (unpaired) electrons. The van der Waals surface area contributed by atoms with Gasteiger partial charge in [0.1, 0.15) is 22.1 Å². The lowest BCUT2D eigenvalue weighted by molar-refractivity contribution is -0.120. The number of rotatable bonds is 8. The van der Waals surface area contributed by atoms with Crippen molar-refractivity contribution >= 4 is 51.8 Å². The van der Waals surface area contributed by atoms with Crippen molar-refractivity contribution in [1.29, 1.82) is 0 Å². The number of anilines is 3. The van der Waals surface area contributed by atoms with Gasteiger partial charge in [-0.2, -0.15) is 5.10 Å². The zero-order valence-electron chi connectivity index (χ0n) is 29.7. The Kier molecular flexibility index (Phi) is 9.22. The monoisotopic (exact) mass is 722 g/mol. The van der Waals surface area contributed by atoms with E-state index in [4.69, 9.17) is 16.3 Å². The van der Waals surface area contributed by atoms with Crippen LogP contribution in [0.1, 0.15) is 31.9 Å². The lowest BCUT2D eigenvalue weighted by Crippen LogP contribution is -2.53. The van der Waals surface area contributed by atoms with Crippen LogP contribution in [0.3, 0.4) is 0 Å². The number of carbonyl (C=O) groups is 2. The van der Waals surface area contributed by atoms with Gasteiger partial charge in [0.2, 0.25) is 5.91 Å². The minimum absolute atomic E-state index is 0.216. The quantitative estimate of drug-likeness (QED) is 0.199. The molecule has 0 unspecified atom stereocenters. The summed E-state index contributed by atoms with van der Waals surface area (Å²) in [6, 6.07) is 16.4. The van der Waals surface area contributed by atoms with E-state index < -0.39 is 0 Å². The fourth-order valence-electron chi connectivity index (χ4n) is 7.78. The minimum atomic E-state index is -0.346. The summed E-state index contributed by atoms with van der Waals surface area (Å²) in [6.07, 6.45) is 6.09. The van der Waals surface area contributed by atoms with E-state index in [0.29, 0.717) is 58.4 Å². The van der Waals surface area contributed by atoms with Crippen molar-refractivity contribution in [1.82, 2.24) is 34.9 Å². The van der Waals surface area contributed by atoms with Crippen molar-refractivity contribution in [3.05, 3.63) is 71.6 Å². The molecule has 2 aromatic carbocycles. The molecule has 3 saturated heterocycles. The summed E-state index contributed by atoms with van der Waals surface area (Å²) >= 11 is 6.59. The molecule has 0 saturated carbocycles. The lowest BCUT2D eigenvalue weighted by atomic mass is 9.95. The predicted molar refractivity (Wildman–Crippen MR) is 202 cm³/mol. The molecular weight excluding hydrogens is 680 g/mol. The fraction of sp³-hybridized carbons (Fsp3) is 0.395. The van der Waals surface area contributed by atoms with Crippen LogP contribution in [0.15, 0.2) is 60.9 Å². The number of carbonyl (C=O) groups excluding carboxylic acids is 2. The molecule has 0 bridgehead atoms. The molecule has 3 fully saturated rings. The van der Waals surface area contributed by atoms with Gasteiger partial charge in [-0.3, -0.25) is 24.6 Å². The molecular formula is C38H43ClN10O3. The number of aryl methyl sites for hydroxylation is 2. The number of imide groups is 1. The number of ether oxygens (including phenoxy) is 1. The number of nitrogens with zero attached hydrogens (tertiary/aromatic N) is 8. The van der Waals surface area contributed by atoms with Crippen molar-refractivity contribution in [2.24, 2.45) is 13.0 Å². The molecule has 3 amide bonds. The van der Waals surface area contributed by atoms with Crippen molar-refractivity contribution in [3.63, 3.8) is 0 Å². The number of aromatic nitrogens is 5. The molecule has 0 spiro atoms. The highest BCUT2D eigenvalue weighted by Crippen LogP contribution is 2.37. The van der Waals surface area contributed by atoms with Crippen molar-refractivity contribution in [2.75, 3.05) is 60.5 Å². The highest BCUT2D eigenvalue weighted by molar-refractivity contribution is 6.32. The number of nitrogens with one attached hydrogen (secondary N) is 2. The van der Waals surface area contributed by atoms with E-state index in [1.54, 1.807) is 15.8 Å². The van der Waals surface area contributed by atoms with E-state index >= 15 is 0 Å². The van der Waals surface area contributed by atoms with Crippen LogP contribution in [0.4, 0.5) is 21.9 Å². The predicted octanol–water partition coefficient (Wildman–Crippen LogP) is 5.99. The molecule has 8 rings (SSSR count). The Morgan fingerprint density at radius 3 is 2.50 bits per heavy atom. The van der Waals surface area contributed by atoms with Crippen LogP contribution in [-0.2, 0) is 11.8 Å². The summed E-state index contributed by atoms with van der Waals surface area (Å²) in [6.45, 7) is 10.8. The minimum Gasteiger partial charge on any atom is -0.453 e. The van der Waals surface area contributed by atoms with E-state index in [-0.39, 0.29) is 11.9 Å². The standard InChI is InChI=1S/C38H43ClN10O3/c1-24-21-46(22-26-11-14-47(15-12-26)28-5-4-6-29(19-28)49-16-13-33(50)41-38(49)51)17-18-48(24)27-7-9-30(10-8-27)52-35-32(39)20-40-37-34(35)42-36(43-37)31-23-45(3)44-25(31)2/h4-10,19-20,23-24,26H,11-18,21-22H2,1-3H3,(H,40,42,43)(H,41,50,51)/t24-/m0/s1. The lowest BCUT2D eigenvalue weighted by Gasteiger charge is -2.43. The van der Waals surface area contributed by atoms with E-state index in [0.717, 1.165) is 74.7 Å². The molecule has 3 aliphatic rings. The number of imidazole rings is 1. The zero-order valence-corrected chi connectivity index (χ0v) is 30.4.